The first-order valence-corrected chi connectivity index (χ1v) is 11.7. The third kappa shape index (κ3) is 3.87. The van der Waals surface area contributed by atoms with Crippen LogP contribution in [0.2, 0.25) is 0 Å². The number of carbonyl (C=O) groups excluding carboxylic acids is 1. The summed E-state index contributed by atoms with van der Waals surface area (Å²) < 4.78 is 6.24. The second-order valence-corrected chi connectivity index (χ2v) is 9.11. The molecular formula is C26H24N2O3S. The average molecular weight is 445 g/mol. The highest BCUT2D eigenvalue weighted by Crippen LogP contribution is 2.28. The Balaban J connectivity index is 1.44. The van der Waals surface area contributed by atoms with Gasteiger partial charge in [0.15, 0.2) is 11.0 Å². The van der Waals surface area contributed by atoms with Crippen LogP contribution in [0.15, 0.2) is 75.3 Å². The van der Waals surface area contributed by atoms with E-state index in [1.54, 1.807) is 36.5 Å². The van der Waals surface area contributed by atoms with Gasteiger partial charge in [0.05, 0.1) is 10.9 Å². The van der Waals surface area contributed by atoms with Gasteiger partial charge >= 0.3 is 0 Å². The van der Waals surface area contributed by atoms with E-state index in [0.29, 0.717) is 40.9 Å². The number of hydrogen-bond acceptors (Lipinski definition) is 5. The number of thiophene rings is 1. The highest BCUT2D eigenvalue weighted by atomic mass is 32.1. The highest BCUT2D eigenvalue weighted by molar-refractivity contribution is 7.09. The molecule has 5 nitrogen and oxygen atoms in total. The Bertz CT molecular complexity index is 1300. The van der Waals surface area contributed by atoms with E-state index in [1.807, 2.05) is 35.2 Å². The van der Waals surface area contributed by atoms with Crippen LogP contribution in [-0.2, 0) is 6.54 Å². The maximum Gasteiger partial charge on any atom is 0.257 e. The van der Waals surface area contributed by atoms with Gasteiger partial charge in [0, 0.05) is 48.7 Å². The van der Waals surface area contributed by atoms with Gasteiger partial charge in [-0.2, -0.15) is 0 Å². The maximum atomic E-state index is 13.4. The van der Waals surface area contributed by atoms with Gasteiger partial charge in [0.1, 0.15) is 5.76 Å². The summed E-state index contributed by atoms with van der Waals surface area (Å²) in [6, 6.07) is 19.0. The predicted octanol–water partition coefficient (Wildman–Crippen LogP) is 4.79. The fourth-order valence-corrected chi connectivity index (χ4v) is 4.99. The lowest BCUT2D eigenvalue weighted by atomic mass is 10.0. The van der Waals surface area contributed by atoms with Crippen molar-refractivity contribution in [2.75, 3.05) is 26.2 Å². The number of benzene rings is 2. The first-order valence-electron chi connectivity index (χ1n) is 10.8. The molecule has 4 aromatic rings. The van der Waals surface area contributed by atoms with Crippen molar-refractivity contribution < 1.29 is 9.21 Å². The summed E-state index contributed by atoms with van der Waals surface area (Å²) in [6.45, 7) is 5.65. The number of para-hydroxylation sites is 1. The molecule has 6 heteroatoms. The number of piperazine rings is 1. The number of nitrogens with zero attached hydrogens (tertiary/aromatic N) is 2. The lowest BCUT2D eigenvalue weighted by Gasteiger charge is -2.34. The van der Waals surface area contributed by atoms with Crippen LogP contribution in [0.5, 0.6) is 0 Å². The minimum absolute atomic E-state index is 0.0858. The summed E-state index contributed by atoms with van der Waals surface area (Å²) in [5, 5.41) is 2.54. The van der Waals surface area contributed by atoms with Crippen molar-refractivity contribution in [2.24, 2.45) is 0 Å². The Kier molecular flexibility index (Phi) is 5.64. The molecule has 1 saturated heterocycles. The number of hydrogen-bond donors (Lipinski definition) is 0. The summed E-state index contributed by atoms with van der Waals surface area (Å²) >= 11 is 1.76. The Morgan fingerprint density at radius 3 is 2.47 bits per heavy atom. The summed E-state index contributed by atoms with van der Waals surface area (Å²) in [7, 11) is 0. The van der Waals surface area contributed by atoms with E-state index in [1.165, 1.54) is 4.88 Å². The summed E-state index contributed by atoms with van der Waals surface area (Å²) in [5.41, 5.74) is 2.10. The molecule has 0 aliphatic carbocycles. The lowest BCUT2D eigenvalue weighted by Crippen LogP contribution is -2.48. The van der Waals surface area contributed by atoms with Crippen LogP contribution in [0, 0.1) is 6.92 Å². The Morgan fingerprint density at radius 2 is 1.75 bits per heavy atom. The molecule has 0 saturated carbocycles. The van der Waals surface area contributed by atoms with Crippen molar-refractivity contribution in [1.29, 1.82) is 0 Å². The van der Waals surface area contributed by atoms with Gasteiger partial charge in [-0.05, 0) is 30.5 Å². The largest absolute Gasteiger partial charge is 0.455 e. The lowest BCUT2D eigenvalue weighted by molar-refractivity contribution is 0.0630. The van der Waals surface area contributed by atoms with Crippen LogP contribution in [0.4, 0.5) is 0 Å². The van der Waals surface area contributed by atoms with Gasteiger partial charge in [-0.1, -0.05) is 42.5 Å². The topological polar surface area (TPSA) is 53.8 Å². The van der Waals surface area contributed by atoms with Crippen LogP contribution < -0.4 is 5.43 Å². The summed E-state index contributed by atoms with van der Waals surface area (Å²) in [6.07, 6.45) is 0. The van der Waals surface area contributed by atoms with Crippen LogP contribution >= 0.6 is 11.3 Å². The van der Waals surface area contributed by atoms with Gasteiger partial charge in [-0.25, -0.2) is 0 Å². The summed E-state index contributed by atoms with van der Waals surface area (Å²) in [4.78, 5) is 32.1. The molecule has 3 heterocycles. The van der Waals surface area contributed by atoms with Crippen molar-refractivity contribution in [1.82, 2.24) is 9.80 Å². The zero-order valence-electron chi connectivity index (χ0n) is 17.9. The van der Waals surface area contributed by atoms with E-state index in [9.17, 15) is 9.59 Å². The first-order chi connectivity index (χ1) is 15.6. The number of rotatable bonds is 4. The van der Waals surface area contributed by atoms with E-state index < -0.39 is 0 Å². The second-order valence-electron chi connectivity index (χ2n) is 8.08. The molecular weight excluding hydrogens is 420 g/mol. The molecule has 0 N–H and O–H groups in total. The zero-order valence-corrected chi connectivity index (χ0v) is 18.7. The number of amides is 1. The quantitative estimate of drug-likeness (QED) is 0.454. The van der Waals surface area contributed by atoms with Crippen molar-refractivity contribution >= 4 is 28.2 Å². The van der Waals surface area contributed by atoms with Gasteiger partial charge in [0.2, 0.25) is 0 Å². The first kappa shape index (κ1) is 20.7. The Morgan fingerprint density at radius 1 is 0.969 bits per heavy atom. The van der Waals surface area contributed by atoms with E-state index in [0.717, 1.165) is 25.2 Å². The third-order valence-electron chi connectivity index (χ3n) is 6.03. The number of carbonyl (C=O) groups is 1. The van der Waals surface area contributed by atoms with E-state index in [2.05, 4.69) is 22.4 Å². The molecule has 5 rings (SSSR count). The fourth-order valence-electron chi connectivity index (χ4n) is 4.25. The molecule has 0 radical (unpaired) electrons. The van der Waals surface area contributed by atoms with Crippen molar-refractivity contribution in [2.45, 2.75) is 13.5 Å². The molecule has 1 aliphatic heterocycles. The van der Waals surface area contributed by atoms with Crippen molar-refractivity contribution in [3.05, 3.63) is 92.3 Å². The zero-order chi connectivity index (χ0) is 22.1. The molecule has 1 fully saturated rings. The average Bonchev–Trinajstić information content (AvgIpc) is 3.35. The highest BCUT2D eigenvalue weighted by Gasteiger charge is 2.25. The van der Waals surface area contributed by atoms with Crippen LogP contribution in [-0.4, -0.2) is 41.9 Å². The van der Waals surface area contributed by atoms with Crippen molar-refractivity contribution in [3.63, 3.8) is 0 Å². The van der Waals surface area contributed by atoms with E-state index in [4.69, 9.17) is 4.42 Å². The van der Waals surface area contributed by atoms with Gasteiger partial charge in [0.25, 0.3) is 5.91 Å². The molecule has 0 bridgehead atoms. The van der Waals surface area contributed by atoms with Crippen LogP contribution in [0.25, 0.3) is 22.3 Å². The van der Waals surface area contributed by atoms with Crippen LogP contribution in [0.3, 0.4) is 0 Å². The molecule has 2 aromatic carbocycles. The van der Waals surface area contributed by atoms with E-state index >= 15 is 0 Å². The molecule has 162 valence electrons. The van der Waals surface area contributed by atoms with Crippen LogP contribution in [0.1, 0.15) is 20.8 Å². The molecule has 1 aliphatic rings. The van der Waals surface area contributed by atoms with Gasteiger partial charge in [-0.15, -0.1) is 11.3 Å². The molecule has 0 unspecified atom stereocenters. The molecule has 1 amide bonds. The van der Waals surface area contributed by atoms with Crippen molar-refractivity contribution in [3.8, 4) is 11.3 Å². The van der Waals surface area contributed by atoms with E-state index in [-0.39, 0.29) is 11.3 Å². The van der Waals surface area contributed by atoms with Gasteiger partial charge in [-0.3, -0.25) is 14.5 Å². The molecule has 32 heavy (non-hydrogen) atoms. The number of fused-ring (bicyclic) bond motifs is 1. The smallest absolute Gasteiger partial charge is 0.257 e. The fraction of sp³-hybridized carbons (Fsp3) is 0.231. The molecule has 2 aromatic heterocycles. The third-order valence-corrected chi connectivity index (χ3v) is 6.89. The Hall–Kier alpha value is -3.22. The molecule has 0 atom stereocenters. The maximum absolute atomic E-state index is 13.4. The predicted molar refractivity (Wildman–Crippen MR) is 128 cm³/mol. The standard InChI is InChI=1S/C26H24N2O3S/c1-18-23(29)21-10-5-11-22(25(21)31-24(18)19-7-3-2-4-8-19)26(30)28-14-12-27(13-15-28)17-20-9-6-16-32-20/h2-11,16H,12-15,17H2,1H3. The monoisotopic (exact) mass is 444 g/mol. The Labute approximate surface area is 190 Å². The van der Waals surface area contributed by atoms with Gasteiger partial charge < -0.3 is 9.32 Å². The minimum Gasteiger partial charge on any atom is -0.455 e. The molecule has 0 spiro atoms. The SMILES string of the molecule is Cc1c(-c2ccccc2)oc2c(C(=O)N3CCN(Cc4cccs4)CC3)cccc2c1=O. The summed E-state index contributed by atoms with van der Waals surface area (Å²) in [5.74, 6) is 0.432. The normalized spacial score (nSPS) is 14.7. The minimum atomic E-state index is -0.0967. The second kappa shape index (κ2) is 8.73.